The van der Waals surface area contributed by atoms with Gasteiger partial charge in [-0.1, -0.05) is 26.5 Å². The van der Waals surface area contributed by atoms with E-state index >= 15 is 0 Å². The molecule has 4 atom stereocenters. The lowest BCUT2D eigenvalue weighted by molar-refractivity contribution is -0.145. The molecule has 1 heterocycles. The minimum absolute atomic E-state index is 0.0909. The van der Waals surface area contributed by atoms with Gasteiger partial charge in [-0.25, -0.2) is 4.98 Å². The van der Waals surface area contributed by atoms with Gasteiger partial charge in [-0.05, 0) is 25.5 Å². The summed E-state index contributed by atoms with van der Waals surface area (Å²) in [6.45, 7) is 11.3. The highest BCUT2D eigenvalue weighted by atomic mass is 16.4. The molecule has 1 aromatic heterocycles. The number of aromatic nitrogens is 2. The smallest absolute Gasteiger partial charge is 0.323 e. The Morgan fingerprint density at radius 3 is 2.36 bits per heavy atom. The molecule has 25 heavy (non-hydrogen) atoms. The van der Waals surface area contributed by atoms with Crippen LogP contribution in [0.3, 0.4) is 0 Å². The van der Waals surface area contributed by atoms with E-state index in [1.807, 2.05) is 20.8 Å². The molecule has 0 aliphatic heterocycles. The van der Waals surface area contributed by atoms with Crippen LogP contribution in [-0.2, 0) is 11.2 Å². The van der Waals surface area contributed by atoms with Gasteiger partial charge >= 0.3 is 5.97 Å². The van der Waals surface area contributed by atoms with Crippen molar-refractivity contribution in [2.45, 2.75) is 58.5 Å². The molecule has 0 bridgehead atoms. The largest absolute Gasteiger partial charge is 0.480 e. The first-order valence-corrected chi connectivity index (χ1v) is 8.06. The van der Waals surface area contributed by atoms with Gasteiger partial charge in [-0.3, -0.25) is 4.79 Å². The molecule has 142 valence electrons. The number of imidazole rings is 1. The van der Waals surface area contributed by atoms with E-state index in [4.69, 9.17) is 10.8 Å². The summed E-state index contributed by atoms with van der Waals surface area (Å²) in [6.07, 6.45) is -1.53. The van der Waals surface area contributed by atoms with Crippen molar-refractivity contribution in [3.05, 3.63) is 35.4 Å². The molecule has 0 spiro atoms. The number of nitrogens with one attached hydrogen (secondary N) is 1. The minimum atomic E-state index is -1.79. The van der Waals surface area contributed by atoms with Crippen molar-refractivity contribution in [3.63, 3.8) is 0 Å². The number of carboxylic acid groups (broad SMARTS) is 1. The first kappa shape index (κ1) is 23.0. The Morgan fingerprint density at radius 2 is 1.88 bits per heavy atom. The molecule has 4 unspecified atom stereocenters. The summed E-state index contributed by atoms with van der Waals surface area (Å²) in [5.41, 5.74) is 7.58. The molecule has 8 heteroatoms. The number of rotatable bonds is 8. The van der Waals surface area contributed by atoms with E-state index in [9.17, 15) is 20.1 Å². The summed E-state index contributed by atoms with van der Waals surface area (Å²) < 4.78 is 0. The molecule has 0 amide bonds. The Kier molecular flexibility index (Phi) is 9.92. The SMILES string of the molecule is C=C/C(C)=C\c1nc(CC(O)C(O)C(O)C(N)C(=O)O)[nH]c1C.CC. The van der Waals surface area contributed by atoms with Gasteiger partial charge in [0.05, 0.1) is 11.8 Å². The summed E-state index contributed by atoms with van der Waals surface area (Å²) >= 11 is 0. The van der Waals surface area contributed by atoms with Crippen LogP contribution in [-0.4, -0.2) is 60.7 Å². The van der Waals surface area contributed by atoms with Crippen LogP contribution < -0.4 is 5.73 Å². The van der Waals surface area contributed by atoms with Gasteiger partial charge in [0.15, 0.2) is 0 Å². The third-order valence-corrected chi connectivity index (χ3v) is 3.46. The zero-order valence-corrected chi connectivity index (χ0v) is 15.1. The fourth-order valence-electron chi connectivity index (χ4n) is 1.95. The van der Waals surface area contributed by atoms with Crippen molar-refractivity contribution in [2.75, 3.05) is 0 Å². The molecule has 0 saturated heterocycles. The van der Waals surface area contributed by atoms with E-state index in [0.717, 1.165) is 11.3 Å². The van der Waals surface area contributed by atoms with Crippen LogP contribution in [0.25, 0.3) is 6.08 Å². The fourth-order valence-corrected chi connectivity index (χ4v) is 1.95. The monoisotopic (exact) mass is 355 g/mol. The summed E-state index contributed by atoms with van der Waals surface area (Å²) in [5, 5.41) is 38.1. The highest BCUT2D eigenvalue weighted by Gasteiger charge is 2.33. The average molecular weight is 355 g/mol. The third kappa shape index (κ3) is 6.79. The van der Waals surface area contributed by atoms with E-state index < -0.39 is 30.3 Å². The van der Waals surface area contributed by atoms with Crippen molar-refractivity contribution in [1.82, 2.24) is 9.97 Å². The van der Waals surface area contributed by atoms with Crippen LogP contribution in [0.1, 0.15) is 38.0 Å². The van der Waals surface area contributed by atoms with Crippen LogP contribution in [0.5, 0.6) is 0 Å². The Morgan fingerprint density at radius 1 is 1.32 bits per heavy atom. The Bertz CT molecular complexity index is 597. The predicted octanol–water partition coefficient (Wildman–Crippen LogP) is 0.371. The van der Waals surface area contributed by atoms with Crippen LogP contribution in [0, 0.1) is 6.92 Å². The number of hydrogen-bond donors (Lipinski definition) is 6. The summed E-state index contributed by atoms with van der Waals surface area (Å²) in [6, 6.07) is -1.69. The van der Waals surface area contributed by atoms with Crippen LogP contribution in [0.4, 0.5) is 0 Å². The molecular weight excluding hydrogens is 326 g/mol. The van der Waals surface area contributed by atoms with E-state index in [-0.39, 0.29) is 6.42 Å². The molecular formula is C17H29N3O5. The maximum absolute atomic E-state index is 10.7. The number of carboxylic acids is 1. The van der Waals surface area contributed by atoms with Crippen LogP contribution >= 0.6 is 0 Å². The normalized spacial score (nSPS) is 16.2. The van der Waals surface area contributed by atoms with Crippen molar-refractivity contribution >= 4 is 12.0 Å². The lowest BCUT2D eigenvalue weighted by atomic mass is 9.99. The number of allylic oxidation sites excluding steroid dienone is 2. The Labute approximate surface area is 147 Å². The van der Waals surface area contributed by atoms with Gasteiger partial charge in [-0.2, -0.15) is 0 Å². The number of nitrogens with two attached hydrogens (primary N) is 1. The van der Waals surface area contributed by atoms with Gasteiger partial charge in [0.2, 0.25) is 0 Å². The lowest BCUT2D eigenvalue weighted by Crippen LogP contribution is -2.52. The maximum atomic E-state index is 10.7. The summed E-state index contributed by atoms with van der Waals surface area (Å²) in [5.74, 6) is -1.07. The number of hydrogen-bond acceptors (Lipinski definition) is 6. The minimum Gasteiger partial charge on any atom is -0.480 e. The number of carbonyl (C=O) groups is 1. The van der Waals surface area contributed by atoms with E-state index in [0.29, 0.717) is 11.5 Å². The molecule has 0 aliphatic carbocycles. The molecule has 7 N–H and O–H groups in total. The predicted molar refractivity (Wildman–Crippen MR) is 95.9 cm³/mol. The first-order chi connectivity index (χ1) is 11.7. The second-order valence-corrected chi connectivity index (χ2v) is 5.40. The standard InChI is InChI=1S/C15H23N3O5.C2H6/c1-4-7(2)5-9-8(3)17-11(18-9)6-10(19)13(20)14(21)12(16)15(22)23;1-2/h4-5,10,12-14,19-21H,1,6,16H2,2-3H3,(H,17,18)(H,22,23);1-2H3/b7-5-;. The molecule has 0 fully saturated rings. The van der Waals surface area contributed by atoms with Crippen molar-refractivity contribution in [3.8, 4) is 0 Å². The third-order valence-electron chi connectivity index (χ3n) is 3.46. The Hall–Kier alpha value is -2.00. The first-order valence-electron chi connectivity index (χ1n) is 8.06. The quantitative estimate of drug-likeness (QED) is 0.368. The Balaban J connectivity index is 0.00000277. The van der Waals surface area contributed by atoms with Crippen molar-refractivity contribution in [2.24, 2.45) is 5.73 Å². The molecule has 0 aliphatic rings. The zero-order chi connectivity index (χ0) is 19.7. The summed E-state index contributed by atoms with van der Waals surface area (Å²) in [4.78, 5) is 17.9. The number of aliphatic carboxylic acids is 1. The lowest BCUT2D eigenvalue weighted by Gasteiger charge is -2.24. The van der Waals surface area contributed by atoms with E-state index in [2.05, 4.69) is 16.5 Å². The molecule has 1 rings (SSSR count). The zero-order valence-electron chi connectivity index (χ0n) is 15.1. The van der Waals surface area contributed by atoms with Gasteiger partial charge < -0.3 is 31.1 Å². The summed E-state index contributed by atoms with van der Waals surface area (Å²) in [7, 11) is 0. The second kappa shape index (κ2) is 10.8. The van der Waals surface area contributed by atoms with Crippen molar-refractivity contribution < 1.29 is 25.2 Å². The number of aliphatic hydroxyl groups excluding tert-OH is 3. The highest BCUT2D eigenvalue weighted by Crippen LogP contribution is 2.14. The van der Waals surface area contributed by atoms with E-state index in [1.54, 1.807) is 19.1 Å². The highest BCUT2D eigenvalue weighted by molar-refractivity contribution is 5.74. The number of aryl methyl sites for hydroxylation is 1. The second-order valence-electron chi connectivity index (χ2n) is 5.40. The topological polar surface area (TPSA) is 153 Å². The van der Waals surface area contributed by atoms with Gasteiger partial charge in [-0.15, -0.1) is 0 Å². The maximum Gasteiger partial charge on any atom is 0.323 e. The molecule has 1 aromatic rings. The van der Waals surface area contributed by atoms with Crippen LogP contribution in [0.2, 0.25) is 0 Å². The number of aromatic amines is 1. The van der Waals surface area contributed by atoms with Crippen molar-refractivity contribution in [1.29, 1.82) is 0 Å². The molecule has 0 saturated carbocycles. The fraction of sp³-hybridized carbons (Fsp3) is 0.529. The number of H-pyrrole nitrogens is 1. The molecule has 0 radical (unpaired) electrons. The van der Waals surface area contributed by atoms with E-state index in [1.165, 1.54) is 0 Å². The molecule has 0 aromatic carbocycles. The van der Waals surface area contributed by atoms with Crippen LogP contribution in [0.15, 0.2) is 18.2 Å². The van der Waals surface area contributed by atoms with Gasteiger partial charge in [0.25, 0.3) is 0 Å². The van der Waals surface area contributed by atoms with Gasteiger partial charge in [0.1, 0.15) is 24.1 Å². The van der Waals surface area contributed by atoms with Gasteiger partial charge in [0, 0.05) is 12.1 Å². The number of aliphatic hydroxyl groups is 3. The number of nitrogens with zero attached hydrogens (tertiary/aromatic N) is 1. The average Bonchev–Trinajstić information content (AvgIpc) is 2.93. The molecule has 8 nitrogen and oxygen atoms in total.